The van der Waals surface area contributed by atoms with Gasteiger partial charge in [-0.15, -0.1) is 0 Å². The third-order valence-corrected chi connectivity index (χ3v) is 1.69. The fourth-order valence-corrected chi connectivity index (χ4v) is 1.09. The summed E-state index contributed by atoms with van der Waals surface area (Å²) in [6, 6.07) is 0. The molecule has 0 radical (unpaired) electrons. The van der Waals surface area contributed by atoms with Gasteiger partial charge in [-0.25, -0.2) is 0 Å². The molecular formula is C6H12O2. The van der Waals surface area contributed by atoms with Crippen LogP contribution in [0.3, 0.4) is 0 Å². The van der Waals surface area contributed by atoms with Crippen LogP contribution in [0.5, 0.6) is 0 Å². The number of rotatable bonds is 0. The Bertz CT molecular complexity index is 62.9. The van der Waals surface area contributed by atoms with Crippen LogP contribution in [0.4, 0.5) is 0 Å². The summed E-state index contributed by atoms with van der Waals surface area (Å²) in [5.41, 5.74) is 0. The molecule has 2 nitrogen and oxygen atoms in total. The van der Waals surface area contributed by atoms with Crippen LogP contribution >= 0.6 is 0 Å². The van der Waals surface area contributed by atoms with Crippen LogP contribution in [0.2, 0.25) is 0 Å². The van der Waals surface area contributed by atoms with E-state index < -0.39 is 12.2 Å². The van der Waals surface area contributed by atoms with E-state index in [0.29, 0.717) is 0 Å². The lowest BCUT2D eigenvalue weighted by Crippen LogP contribution is -2.28. The van der Waals surface area contributed by atoms with E-state index in [-0.39, 0.29) is 0 Å². The summed E-state index contributed by atoms with van der Waals surface area (Å²) in [6.07, 6.45) is 2.81. The second kappa shape index (κ2) is 2.46. The summed E-state index contributed by atoms with van der Waals surface area (Å²) in [5, 5.41) is 17.9. The highest BCUT2D eigenvalue weighted by atomic mass is 16.3. The van der Waals surface area contributed by atoms with Crippen molar-refractivity contribution in [2.45, 2.75) is 37.9 Å². The standard InChI is InChI=1S/C6H12O2/c7-5-3-1-2-4-6(5)8/h5-8H,1-4H2/t5-,6-/m0/s1. The molecule has 0 aromatic carbocycles. The van der Waals surface area contributed by atoms with Crippen molar-refractivity contribution < 1.29 is 10.2 Å². The molecule has 1 aliphatic carbocycles. The third-order valence-electron chi connectivity index (χ3n) is 1.69. The largest absolute Gasteiger partial charge is 0.390 e. The predicted molar refractivity (Wildman–Crippen MR) is 30.5 cm³/mol. The van der Waals surface area contributed by atoms with Crippen LogP contribution in [0.1, 0.15) is 25.7 Å². The molecule has 0 saturated heterocycles. The quantitative estimate of drug-likeness (QED) is 0.477. The van der Waals surface area contributed by atoms with Crippen LogP contribution < -0.4 is 0 Å². The maximum atomic E-state index is 8.93. The molecule has 1 fully saturated rings. The molecule has 2 atom stereocenters. The van der Waals surface area contributed by atoms with E-state index in [1.54, 1.807) is 0 Å². The van der Waals surface area contributed by atoms with Gasteiger partial charge in [-0.05, 0) is 12.8 Å². The molecular weight excluding hydrogens is 104 g/mol. The SMILES string of the molecule is O[C@H]1CCCC[C@@H]1O. The van der Waals surface area contributed by atoms with Crippen LogP contribution in [-0.2, 0) is 0 Å². The number of hydrogen-bond acceptors (Lipinski definition) is 2. The Kier molecular flexibility index (Phi) is 1.86. The average Bonchev–Trinajstić information content (AvgIpc) is 1.77. The molecule has 0 heterocycles. The van der Waals surface area contributed by atoms with Gasteiger partial charge in [0, 0.05) is 0 Å². The van der Waals surface area contributed by atoms with E-state index in [2.05, 4.69) is 0 Å². The first-order valence-electron chi connectivity index (χ1n) is 3.17. The van der Waals surface area contributed by atoms with Crippen molar-refractivity contribution in [3.05, 3.63) is 0 Å². The highest BCUT2D eigenvalue weighted by Crippen LogP contribution is 2.17. The first kappa shape index (κ1) is 6.05. The van der Waals surface area contributed by atoms with Crippen molar-refractivity contribution in [2.24, 2.45) is 0 Å². The second-order valence-corrected chi connectivity index (χ2v) is 2.42. The van der Waals surface area contributed by atoms with Gasteiger partial charge < -0.3 is 10.2 Å². The highest BCUT2D eigenvalue weighted by Gasteiger charge is 2.19. The van der Waals surface area contributed by atoms with Gasteiger partial charge >= 0.3 is 0 Å². The lowest BCUT2D eigenvalue weighted by molar-refractivity contribution is -0.00865. The van der Waals surface area contributed by atoms with Gasteiger partial charge in [0.05, 0.1) is 12.2 Å². The van der Waals surface area contributed by atoms with E-state index in [1.807, 2.05) is 0 Å². The van der Waals surface area contributed by atoms with Gasteiger partial charge in [0.1, 0.15) is 0 Å². The summed E-state index contributed by atoms with van der Waals surface area (Å²) in [5.74, 6) is 0. The maximum Gasteiger partial charge on any atom is 0.0799 e. The Hall–Kier alpha value is -0.0800. The lowest BCUT2D eigenvalue weighted by atomic mass is 9.95. The van der Waals surface area contributed by atoms with Crippen LogP contribution in [0.15, 0.2) is 0 Å². The molecule has 0 spiro atoms. The summed E-state index contributed by atoms with van der Waals surface area (Å²) in [7, 11) is 0. The Labute approximate surface area is 49.1 Å². The minimum Gasteiger partial charge on any atom is -0.390 e. The van der Waals surface area contributed by atoms with Crippen molar-refractivity contribution >= 4 is 0 Å². The fourth-order valence-electron chi connectivity index (χ4n) is 1.09. The number of hydrogen-bond donors (Lipinski definition) is 2. The molecule has 2 N–H and O–H groups in total. The lowest BCUT2D eigenvalue weighted by Gasteiger charge is -2.22. The highest BCUT2D eigenvalue weighted by molar-refractivity contribution is 4.72. The minimum absolute atomic E-state index is 0.441. The molecule has 0 aliphatic heterocycles. The Morgan fingerprint density at radius 1 is 0.875 bits per heavy atom. The van der Waals surface area contributed by atoms with E-state index in [1.165, 1.54) is 0 Å². The van der Waals surface area contributed by atoms with E-state index in [9.17, 15) is 0 Å². The molecule has 0 aromatic heterocycles. The molecule has 48 valence electrons. The van der Waals surface area contributed by atoms with Crippen molar-refractivity contribution in [2.75, 3.05) is 0 Å². The topological polar surface area (TPSA) is 40.5 Å². The molecule has 1 saturated carbocycles. The van der Waals surface area contributed by atoms with Crippen molar-refractivity contribution in [3.8, 4) is 0 Å². The zero-order valence-electron chi connectivity index (χ0n) is 4.88. The Morgan fingerprint density at radius 2 is 1.25 bits per heavy atom. The number of aliphatic hydroxyl groups is 2. The van der Waals surface area contributed by atoms with Crippen LogP contribution in [-0.4, -0.2) is 22.4 Å². The summed E-state index contributed by atoms with van der Waals surface area (Å²) >= 11 is 0. The third kappa shape index (κ3) is 1.20. The summed E-state index contributed by atoms with van der Waals surface area (Å²) in [4.78, 5) is 0. The Balaban J connectivity index is 2.28. The molecule has 0 amide bonds. The van der Waals surface area contributed by atoms with Crippen molar-refractivity contribution in [1.29, 1.82) is 0 Å². The van der Waals surface area contributed by atoms with E-state index in [0.717, 1.165) is 25.7 Å². The molecule has 8 heavy (non-hydrogen) atoms. The van der Waals surface area contributed by atoms with Gasteiger partial charge in [-0.3, -0.25) is 0 Å². The fraction of sp³-hybridized carbons (Fsp3) is 1.00. The van der Waals surface area contributed by atoms with Gasteiger partial charge in [0.25, 0.3) is 0 Å². The molecule has 2 heteroatoms. The monoisotopic (exact) mass is 116 g/mol. The zero-order valence-corrected chi connectivity index (χ0v) is 4.88. The van der Waals surface area contributed by atoms with Crippen LogP contribution in [0, 0.1) is 0 Å². The van der Waals surface area contributed by atoms with Crippen LogP contribution in [0.25, 0.3) is 0 Å². The summed E-state index contributed by atoms with van der Waals surface area (Å²) < 4.78 is 0. The van der Waals surface area contributed by atoms with Crippen molar-refractivity contribution in [1.82, 2.24) is 0 Å². The van der Waals surface area contributed by atoms with Crippen molar-refractivity contribution in [3.63, 3.8) is 0 Å². The average molecular weight is 116 g/mol. The first-order chi connectivity index (χ1) is 3.80. The first-order valence-corrected chi connectivity index (χ1v) is 3.17. The second-order valence-electron chi connectivity index (χ2n) is 2.42. The van der Waals surface area contributed by atoms with Gasteiger partial charge in [-0.2, -0.15) is 0 Å². The van der Waals surface area contributed by atoms with Gasteiger partial charge in [-0.1, -0.05) is 12.8 Å². The molecule has 0 aromatic rings. The van der Waals surface area contributed by atoms with Gasteiger partial charge in [0.2, 0.25) is 0 Å². The maximum absolute atomic E-state index is 8.93. The normalized spacial score (nSPS) is 39.8. The minimum atomic E-state index is -0.441. The number of aliphatic hydroxyl groups excluding tert-OH is 2. The molecule has 0 bridgehead atoms. The molecule has 1 aliphatic rings. The van der Waals surface area contributed by atoms with Gasteiger partial charge in [0.15, 0.2) is 0 Å². The van der Waals surface area contributed by atoms with E-state index in [4.69, 9.17) is 10.2 Å². The molecule has 1 rings (SSSR count). The zero-order chi connectivity index (χ0) is 5.98. The van der Waals surface area contributed by atoms with E-state index >= 15 is 0 Å². The molecule has 0 unspecified atom stereocenters. The Morgan fingerprint density at radius 3 is 1.50 bits per heavy atom. The smallest absolute Gasteiger partial charge is 0.0799 e. The predicted octanol–water partition coefficient (Wildman–Crippen LogP) is 0.282. The summed E-state index contributed by atoms with van der Waals surface area (Å²) in [6.45, 7) is 0.